The number of hydrogen-bond acceptors (Lipinski definition) is 2. The molecule has 2 aromatic rings. The van der Waals surface area contributed by atoms with Crippen molar-refractivity contribution < 1.29 is 9.18 Å². The van der Waals surface area contributed by atoms with Crippen LogP contribution in [0.3, 0.4) is 0 Å². The molecule has 1 aliphatic rings. The third-order valence-electron chi connectivity index (χ3n) is 3.52. The fraction of sp³-hybridized carbons (Fsp3) is 0.286. The third kappa shape index (κ3) is 1.91. The van der Waals surface area contributed by atoms with Gasteiger partial charge in [-0.3, -0.25) is 9.48 Å². The molecule has 2 heterocycles. The van der Waals surface area contributed by atoms with Gasteiger partial charge >= 0.3 is 0 Å². The molecule has 0 saturated heterocycles. The topological polar surface area (TPSA) is 46.9 Å². The van der Waals surface area contributed by atoms with Crippen LogP contribution >= 0.6 is 0 Å². The number of carbonyl (C=O) groups is 1. The Kier molecular flexibility index (Phi) is 2.62. The van der Waals surface area contributed by atoms with Gasteiger partial charge in [0.2, 0.25) is 5.91 Å². The lowest BCUT2D eigenvalue weighted by atomic mass is 9.86. The Labute approximate surface area is 110 Å². The summed E-state index contributed by atoms with van der Waals surface area (Å²) in [5.74, 6) is 0.229. The molecule has 1 aromatic heterocycles. The number of carbonyl (C=O) groups excluding carboxylic acids is 1. The van der Waals surface area contributed by atoms with Crippen molar-refractivity contribution in [2.45, 2.75) is 19.3 Å². The smallest absolute Gasteiger partial charge is 0.226 e. The Morgan fingerprint density at radius 1 is 1.47 bits per heavy atom. The molecule has 1 aliphatic heterocycles. The molecule has 19 heavy (non-hydrogen) atoms. The van der Waals surface area contributed by atoms with Crippen molar-refractivity contribution in [3.8, 4) is 0 Å². The number of nitrogens with zero attached hydrogens (tertiary/aromatic N) is 2. The van der Waals surface area contributed by atoms with E-state index in [-0.39, 0.29) is 17.6 Å². The number of amides is 1. The summed E-state index contributed by atoms with van der Waals surface area (Å²) in [7, 11) is 1.79. The van der Waals surface area contributed by atoms with Crippen molar-refractivity contribution in [3.05, 3.63) is 46.9 Å². The number of fused-ring (bicyclic) bond motifs is 1. The van der Waals surface area contributed by atoms with Gasteiger partial charge in [-0.2, -0.15) is 5.10 Å². The third-order valence-corrected chi connectivity index (χ3v) is 3.52. The number of anilines is 1. The van der Waals surface area contributed by atoms with Gasteiger partial charge in [-0.25, -0.2) is 4.39 Å². The van der Waals surface area contributed by atoms with Crippen molar-refractivity contribution in [1.82, 2.24) is 9.78 Å². The van der Waals surface area contributed by atoms with Crippen LogP contribution in [0, 0.1) is 12.7 Å². The number of aryl methyl sites for hydroxylation is 2. The molecule has 0 bridgehead atoms. The average Bonchev–Trinajstić information content (AvgIpc) is 2.64. The predicted molar refractivity (Wildman–Crippen MR) is 69.4 cm³/mol. The highest BCUT2D eigenvalue weighted by Crippen LogP contribution is 2.38. The molecule has 0 spiro atoms. The van der Waals surface area contributed by atoms with Gasteiger partial charge < -0.3 is 5.32 Å². The molecule has 1 N–H and O–H groups in total. The highest BCUT2D eigenvalue weighted by Gasteiger charge is 2.31. The van der Waals surface area contributed by atoms with Crippen LogP contribution in [-0.4, -0.2) is 15.7 Å². The second-order valence-electron chi connectivity index (χ2n) is 4.83. The molecule has 4 nitrogen and oxygen atoms in total. The van der Waals surface area contributed by atoms with Crippen LogP contribution in [0.5, 0.6) is 0 Å². The first-order valence-electron chi connectivity index (χ1n) is 6.15. The predicted octanol–water partition coefficient (Wildman–Crippen LogP) is 2.34. The molecule has 1 atom stereocenters. The van der Waals surface area contributed by atoms with E-state index < -0.39 is 0 Å². The summed E-state index contributed by atoms with van der Waals surface area (Å²) in [5, 5.41) is 7.16. The summed E-state index contributed by atoms with van der Waals surface area (Å²) in [4.78, 5) is 11.8. The molecule has 0 saturated carbocycles. The van der Waals surface area contributed by atoms with E-state index in [9.17, 15) is 9.18 Å². The zero-order valence-corrected chi connectivity index (χ0v) is 10.8. The molecule has 1 aromatic carbocycles. The molecule has 0 fully saturated rings. The lowest BCUT2D eigenvalue weighted by Crippen LogP contribution is -2.24. The van der Waals surface area contributed by atoms with Gasteiger partial charge in [-0.15, -0.1) is 0 Å². The quantitative estimate of drug-likeness (QED) is 0.854. The first kappa shape index (κ1) is 11.9. The van der Waals surface area contributed by atoms with E-state index in [4.69, 9.17) is 0 Å². The number of halogens is 1. The first-order chi connectivity index (χ1) is 9.06. The summed E-state index contributed by atoms with van der Waals surface area (Å²) in [6, 6.07) is 6.41. The Morgan fingerprint density at radius 3 is 3.00 bits per heavy atom. The Hall–Kier alpha value is -2.17. The van der Waals surface area contributed by atoms with Gasteiger partial charge in [0.15, 0.2) is 0 Å². The van der Waals surface area contributed by atoms with E-state index in [0.29, 0.717) is 12.2 Å². The zero-order chi connectivity index (χ0) is 13.6. The highest BCUT2D eigenvalue weighted by atomic mass is 19.1. The normalized spacial score (nSPS) is 18.1. The lowest BCUT2D eigenvalue weighted by Gasteiger charge is -2.24. The molecule has 5 heteroatoms. The van der Waals surface area contributed by atoms with E-state index in [1.165, 1.54) is 12.1 Å². The van der Waals surface area contributed by atoms with Crippen LogP contribution in [0.25, 0.3) is 0 Å². The van der Waals surface area contributed by atoms with Gasteiger partial charge in [0.1, 0.15) is 11.6 Å². The Morgan fingerprint density at radius 2 is 2.26 bits per heavy atom. The average molecular weight is 259 g/mol. The largest absolute Gasteiger partial charge is 0.311 e. The summed E-state index contributed by atoms with van der Waals surface area (Å²) in [6.07, 6.45) is 0.322. The minimum atomic E-state index is -0.286. The molecule has 1 unspecified atom stereocenters. The number of rotatable bonds is 1. The lowest BCUT2D eigenvalue weighted by molar-refractivity contribution is -0.116. The van der Waals surface area contributed by atoms with Gasteiger partial charge in [-0.05, 0) is 24.6 Å². The van der Waals surface area contributed by atoms with Crippen molar-refractivity contribution in [1.29, 1.82) is 0 Å². The fourth-order valence-corrected chi connectivity index (χ4v) is 2.72. The maximum Gasteiger partial charge on any atom is 0.226 e. The van der Waals surface area contributed by atoms with Crippen molar-refractivity contribution >= 4 is 11.7 Å². The van der Waals surface area contributed by atoms with E-state index in [0.717, 1.165) is 16.8 Å². The van der Waals surface area contributed by atoms with Crippen LogP contribution in [0.4, 0.5) is 10.2 Å². The molecule has 98 valence electrons. The van der Waals surface area contributed by atoms with Gasteiger partial charge in [0.25, 0.3) is 0 Å². The minimum absolute atomic E-state index is 0.0650. The number of benzene rings is 1. The van der Waals surface area contributed by atoms with E-state index in [1.54, 1.807) is 17.8 Å². The second kappa shape index (κ2) is 4.19. The Bertz CT molecular complexity index is 663. The van der Waals surface area contributed by atoms with E-state index >= 15 is 0 Å². The summed E-state index contributed by atoms with van der Waals surface area (Å²) in [5.41, 5.74) is 2.66. The van der Waals surface area contributed by atoms with Gasteiger partial charge in [-0.1, -0.05) is 12.1 Å². The summed E-state index contributed by atoms with van der Waals surface area (Å²) >= 11 is 0. The van der Waals surface area contributed by atoms with Crippen LogP contribution in [0.1, 0.15) is 29.2 Å². The van der Waals surface area contributed by atoms with Crippen LogP contribution in [-0.2, 0) is 11.8 Å². The van der Waals surface area contributed by atoms with Crippen molar-refractivity contribution in [3.63, 3.8) is 0 Å². The maximum atomic E-state index is 13.4. The van der Waals surface area contributed by atoms with Gasteiger partial charge in [0, 0.05) is 24.9 Å². The van der Waals surface area contributed by atoms with Crippen LogP contribution in [0.15, 0.2) is 24.3 Å². The summed E-state index contributed by atoms with van der Waals surface area (Å²) in [6.45, 7) is 1.91. The SMILES string of the molecule is Cc1nn(C)c2c1C(c1cccc(F)c1)CC(=O)N2. The highest BCUT2D eigenvalue weighted by molar-refractivity contribution is 5.94. The number of nitrogens with one attached hydrogen (secondary N) is 1. The number of aromatic nitrogens is 2. The molecular formula is C14H14FN3O. The van der Waals surface area contributed by atoms with Crippen LogP contribution < -0.4 is 5.32 Å². The molecule has 0 aliphatic carbocycles. The summed E-state index contributed by atoms with van der Waals surface area (Å²) < 4.78 is 15.0. The van der Waals surface area contributed by atoms with Gasteiger partial charge in [0.05, 0.1) is 5.69 Å². The van der Waals surface area contributed by atoms with Crippen LogP contribution in [0.2, 0.25) is 0 Å². The molecular weight excluding hydrogens is 245 g/mol. The van der Waals surface area contributed by atoms with Crippen molar-refractivity contribution in [2.24, 2.45) is 7.05 Å². The second-order valence-corrected chi connectivity index (χ2v) is 4.83. The fourth-order valence-electron chi connectivity index (χ4n) is 2.72. The molecule has 3 rings (SSSR count). The number of hydrogen-bond donors (Lipinski definition) is 1. The van der Waals surface area contributed by atoms with E-state index in [1.807, 2.05) is 13.0 Å². The molecule has 1 amide bonds. The van der Waals surface area contributed by atoms with Crippen molar-refractivity contribution in [2.75, 3.05) is 5.32 Å². The minimum Gasteiger partial charge on any atom is -0.311 e. The zero-order valence-electron chi connectivity index (χ0n) is 10.8. The first-order valence-corrected chi connectivity index (χ1v) is 6.15. The maximum absolute atomic E-state index is 13.4. The van der Waals surface area contributed by atoms with E-state index in [2.05, 4.69) is 10.4 Å². The standard InChI is InChI=1S/C14H14FN3O/c1-8-13-11(9-4-3-5-10(15)6-9)7-12(19)16-14(13)18(2)17-8/h3-6,11H,7H2,1-2H3,(H,16,19). The Balaban J connectivity index is 2.16. The molecule has 0 radical (unpaired) electrons. The monoisotopic (exact) mass is 259 g/mol.